The Labute approximate surface area is 105 Å². The number of pyridine rings is 1. The van der Waals surface area contributed by atoms with E-state index < -0.39 is 0 Å². The molecule has 18 heavy (non-hydrogen) atoms. The standard InChI is InChI=1S/C12H15N5O/c1-17(2)12(18)9-3-4-10(15-7-9)16-8-11-13-5-6-14-11/h3-7H,8H2,1-2H3,(H,13,14)(H,15,16). The lowest BCUT2D eigenvalue weighted by atomic mass is 10.2. The molecule has 6 nitrogen and oxygen atoms in total. The summed E-state index contributed by atoms with van der Waals surface area (Å²) in [4.78, 5) is 24.4. The molecule has 0 radical (unpaired) electrons. The van der Waals surface area contributed by atoms with Crippen LogP contribution in [0.25, 0.3) is 0 Å². The molecular weight excluding hydrogens is 230 g/mol. The van der Waals surface area contributed by atoms with Crippen molar-refractivity contribution in [3.63, 3.8) is 0 Å². The Balaban J connectivity index is 1.97. The zero-order valence-corrected chi connectivity index (χ0v) is 10.3. The van der Waals surface area contributed by atoms with Crippen molar-refractivity contribution >= 4 is 11.7 Å². The minimum atomic E-state index is -0.0555. The van der Waals surface area contributed by atoms with Crippen molar-refractivity contribution in [1.82, 2.24) is 19.9 Å². The molecule has 0 aliphatic carbocycles. The van der Waals surface area contributed by atoms with Crippen molar-refractivity contribution in [3.05, 3.63) is 42.1 Å². The van der Waals surface area contributed by atoms with Crippen LogP contribution in [0.5, 0.6) is 0 Å². The summed E-state index contributed by atoms with van der Waals surface area (Å²) in [6.07, 6.45) is 5.03. The van der Waals surface area contributed by atoms with Crippen LogP contribution in [0.1, 0.15) is 16.2 Å². The SMILES string of the molecule is CN(C)C(=O)c1ccc(NCc2ncc[nH]2)nc1. The number of H-pyrrole nitrogens is 1. The minimum absolute atomic E-state index is 0.0555. The summed E-state index contributed by atoms with van der Waals surface area (Å²) in [5, 5.41) is 3.11. The van der Waals surface area contributed by atoms with Gasteiger partial charge in [0.15, 0.2) is 0 Å². The Kier molecular flexibility index (Phi) is 3.57. The summed E-state index contributed by atoms with van der Waals surface area (Å²) >= 11 is 0. The predicted molar refractivity (Wildman–Crippen MR) is 68.2 cm³/mol. The van der Waals surface area contributed by atoms with Gasteiger partial charge in [0.2, 0.25) is 0 Å². The van der Waals surface area contributed by atoms with Crippen LogP contribution < -0.4 is 5.32 Å². The summed E-state index contributed by atoms with van der Waals surface area (Å²) < 4.78 is 0. The first-order chi connectivity index (χ1) is 8.66. The van der Waals surface area contributed by atoms with Crippen LogP contribution in [0, 0.1) is 0 Å². The van der Waals surface area contributed by atoms with E-state index in [0.29, 0.717) is 17.9 Å². The molecule has 0 spiro atoms. The molecule has 0 bridgehead atoms. The third kappa shape index (κ3) is 2.85. The largest absolute Gasteiger partial charge is 0.363 e. The number of imidazole rings is 1. The molecule has 1 amide bonds. The maximum Gasteiger partial charge on any atom is 0.254 e. The number of amides is 1. The quantitative estimate of drug-likeness (QED) is 0.846. The Hall–Kier alpha value is -2.37. The third-order valence-corrected chi connectivity index (χ3v) is 2.41. The Morgan fingerprint density at radius 3 is 2.78 bits per heavy atom. The fraction of sp³-hybridized carbons (Fsp3) is 0.250. The summed E-state index contributed by atoms with van der Waals surface area (Å²) in [5.74, 6) is 1.49. The molecule has 0 saturated carbocycles. The zero-order chi connectivity index (χ0) is 13.0. The molecule has 2 N–H and O–H groups in total. The molecule has 2 rings (SSSR count). The van der Waals surface area contributed by atoms with Crippen molar-refractivity contribution in [1.29, 1.82) is 0 Å². The van der Waals surface area contributed by atoms with Gasteiger partial charge < -0.3 is 15.2 Å². The number of nitrogens with zero attached hydrogens (tertiary/aromatic N) is 3. The highest BCUT2D eigenvalue weighted by molar-refractivity contribution is 5.93. The second kappa shape index (κ2) is 5.31. The molecule has 0 fully saturated rings. The van der Waals surface area contributed by atoms with Crippen LogP contribution in [0.4, 0.5) is 5.82 Å². The fourth-order valence-corrected chi connectivity index (χ4v) is 1.45. The van der Waals surface area contributed by atoms with Gasteiger partial charge in [-0.1, -0.05) is 0 Å². The van der Waals surface area contributed by atoms with Crippen molar-refractivity contribution < 1.29 is 4.79 Å². The lowest BCUT2D eigenvalue weighted by Gasteiger charge is -2.10. The van der Waals surface area contributed by atoms with Gasteiger partial charge in [-0.15, -0.1) is 0 Å². The van der Waals surface area contributed by atoms with E-state index in [-0.39, 0.29) is 5.91 Å². The van der Waals surface area contributed by atoms with Crippen LogP contribution in [-0.4, -0.2) is 39.9 Å². The van der Waals surface area contributed by atoms with Gasteiger partial charge in [0.25, 0.3) is 5.91 Å². The summed E-state index contributed by atoms with van der Waals surface area (Å²) in [6.45, 7) is 0.570. The fourth-order valence-electron chi connectivity index (χ4n) is 1.45. The number of hydrogen-bond acceptors (Lipinski definition) is 4. The number of aromatic nitrogens is 3. The summed E-state index contributed by atoms with van der Waals surface area (Å²) in [6, 6.07) is 3.53. The van der Waals surface area contributed by atoms with Gasteiger partial charge in [-0.25, -0.2) is 9.97 Å². The smallest absolute Gasteiger partial charge is 0.254 e. The number of aromatic amines is 1. The molecule has 6 heteroatoms. The van der Waals surface area contributed by atoms with Crippen molar-refractivity contribution in [2.75, 3.05) is 19.4 Å². The molecule has 94 valence electrons. The van der Waals surface area contributed by atoms with Crippen LogP contribution in [0.3, 0.4) is 0 Å². The first kappa shape index (κ1) is 12.1. The van der Waals surface area contributed by atoms with Crippen LogP contribution >= 0.6 is 0 Å². The Morgan fingerprint density at radius 1 is 1.39 bits per heavy atom. The minimum Gasteiger partial charge on any atom is -0.363 e. The predicted octanol–water partition coefficient (Wildman–Crippen LogP) is 1.12. The second-order valence-corrected chi connectivity index (χ2v) is 4.02. The van der Waals surface area contributed by atoms with Gasteiger partial charge in [-0.3, -0.25) is 4.79 Å². The summed E-state index contributed by atoms with van der Waals surface area (Å²) in [7, 11) is 3.43. The van der Waals surface area contributed by atoms with Crippen molar-refractivity contribution in [2.24, 2.45) is 0 Å². The first-order valence-electron chi connectivity index (χ1n) is 5.56. The van der Waals surface area contributed by atoms with E-state index in [9.17, 15) is 4.79 Å². The van der Waals surface area contributed by atoms with Gasteiger partial charge in [-0.2, -0.15) is 0 Å². The molecule has 0 aliphatic heterocycles. The molecule has 0 unspecified atom stereocenters. The third-order valence-electron chi connectivity index (χ3n) is 2.41. The van der Waals surface area contributed by atoms with Gasteiger partial charge >= 0.3 is 0 Å². The van der Waals surface area contributed by atoms with E-state index in [1.165, 1.54) is 4.90 Å². The second-order valence-electron chi connectivity index (χ2n) is 4.02. The number of anilines is 1. The first-order valence-corrected chi connectivity index (χ1v) is 5.56. The maximum absolute atomic E-state index is 11.7. The van der Waals surface area contributed by atoms with Gasteiger partial charge in [0.1, 0.15) is 11.6 Å². The number of carbonyl (C=O) groups is 1. The topological polar surface area (TPSA) is 73.9 Å². The van der Waals surface area contributed by atoms with Gasteiger partial charge in [0.05, 0.1) is 12.1 Å². The number of hydrogen-bond donors (Lipinski definition) is 2. The zero-order valence-electron chi connectivity index (χ0n) is 10.3. The lowest BCUT2D eigenvalue weighted by Crippen LogP contribution is -2.21. The molecule has 0 aliphatic rings. The Morgan fingerprint density at radius 2 is 2.22 bits per heavy atom. The average molecular weight is 245 g/mol. The van der Waals surface area contributed by atoms with E-state index in [4.69, 9.17) is 0 Å². The van der Waals surface area contributed by atoms with Crippen LogP contribution in [0.15, 0.2) is 30.7 Å². The van der Waals surface area contributed by atoms with Crippen molar-refractivity contribution in [3.8, 4) is 0 Å². The van der Waals surface area contributed by atoms with E-state index in [0.717, 1.165) is 5.82 Å². The normalized spacial score (nSPS) is 10.1. The highest BCUT2D eigenvalue weighted by Crippen LogP contribution is 2.07. The molecule has 0 saturated heterocycles. The van der Waals surface area contributed by atoms with E-state index >= 15 is 0 Å². The highest BCUT2D eigenvalue weighted by Gasteiger charge is 2.07. The molecule has 0 atom stereocenters. The van der Waals surface area contributed by atoms with E-state index in [2.05, 4.69) is 20.3 Å². The average Bonchev–Trinajstić information content (AvgIpc) is 2.89. The number of nitrogens with one attached hydrogen (secondary N) is 2. The van der Waals surface area contributed by atoms with Gasteiger partial charge in [-0.05, 0) is 12.1 Å². The van der Waals surface area contributed by atoms with Crippen LogP contribution in [0.2, 0.25) is 0 Å². The summed E-state index contributed by atoms with van der Waals surface area (Å²) in [5.41, 5.74) is 0.573. The number of rotatable bonds is 4. The van der Waals surface area contributed by atoms with Gasteiger partial charge in [0, 0.05) is 32.7 Å². The van der Waals surface area contributed by atoms with E-state index in [1.54, 1.807) is 44.8 Å². The van der Waals surface area contributed by atoms with E-state index in [1.807, 2.05) is 0 Å². The molecule has 2 aromatic heterocycles. The Bertz CT molecular complexity index is 504. The lowest BCUT2D eigenvalue weighted by molar-refractivity contribution is 0.0827. The van der Waals surface area contributed by atoms with Crippen LogP contribution in [-0.2, 0) is 6.54 Å². The molecule has 2 aromatic rings. The molecule has 2 heterocycles. The monoisotopic (exact) mass is 245 g/mol. The molecular formula is C12H15N5O. The number of carbonyl (C=O) groups excluding carboxylic acids is 1. The highest BCUT2D eigenvalue weighted by atomic mass is 16.2. The maximum atomic E-state index is 11.7. The molecule has 0 aromatic carbocycles. The van der Waals surface area contributed by atoms with Crippen molar-refractivity contribution in [2.45, 2.75) is 6.54 Å².